The van der Waals surface area contributed by atoms with Gasteiger partial charge in [0.1, 0.15) is 0 Å². The van der Waals surface area contributed by atoms with Crippen LogP contribution in [0, 0.1) is 17.8 Å². The minimum atomic E-state index is -0.377. The molecule has 2 aliphatic rings. The molecule has 0 bridgehead atoms. The van der Waals surface area contributed by atoms with Crippen LogP contribution in [-0.4, -0.2) is 48.6 Å². The van der Waals surface area contributed by atoms with Crippen molar-refractivity contribution in [1.29, 1.82) is 0 Å². The molecule has 0 aromatic carbocycles. The lowest BCUT2D eigenvalue weighted by Gasteiger charge is -2.19. The number of esters is 1. The number of hydrogen-bond donors (Lipinski definition) is 3. The second-order valence-corrected chi connectivity index (χ2v) is 9.07. The summed E-state index contributed by atoms with van der Waals surface area (Å²) >= 11 is 0. The summed E-state index contributed by atoms with van der Waals surface area (Å²) < 4.78 is 4.63. The Morgan fingerprint density at radius 2 is 2.10 bits per heavy atom. The van der Waals surface area contributed by atoms with Gasteiger partial charge in [-0.05, 0) is 56.9 Å². The van der Waals surface area contributed by atoms with E-state index >= 15 is 0 Å². The average Bonchev–Trinajstić information content (AvgIpc) is 3.24. The number of nitrogens with one attached hydrogen (secondary N) is 1. The van der Waals surface area contributed by atoms with Gasteiger partial charge in [0, 0.05) is 12.5 Å². The van der Waals surface area contributed by atoms with Gasteiger partial charge in [-0.25, -0.2) is 0 Å². The molecule has 2 rings (SSSR count). The predicted octanol–water partition coefficient (Wildman–Crippen LogP) is 4.14. The fourth-order valence-electron chi connectivity index (χ4n) is 4.94. The van der Waals surface area contributed by atoms with Gasteiger partial charge >= 0.3 is 5.97 Å². The van der Waals surface area contributed by atoms with Crippen LogP contribution in [0.5, 0.6) is 0 Å². The van der Waals surface area contributed by atoms with Crippen molar-refractivity contribution in [2.75, 3.05) is 20.2 Å². The maximum Gasteiger partial charge on any atom is 0.306 e. The molecule has 0 aromatic rings. The smallest absolute Gasteiger partial charge is 0.306 e. The summed E-state index contributed by atoms with van der Waals surface area (Å²) in [7, 11) is 1.42. The topological polar surface area (TPSA) is 78.8 Å². The molecule has 0 unspecified atom stereocenters. The van der Waals surface area contributed by atoms with Crippen molar-refractivity contribution in [3.05, 3.63) is 23.8 Å². The van der Waals surface area contributed by atoms with Crippen LogP contribution in [-0.2, 0) is 9.53 Å². The Balaban J connectivity index is 1.62. The third-order valence-electron chi connectivity index (χ3n) is 6.69. The van der Waals surface area contributed by atoms with Gasteiger partial charge < -0.3 is 20.3 Å². The minimum Gasteiger partial charge on any atom is -0.469 e. The number of methoxy groups -OCH3 is 1. The standard InChI is InChI=1S/C25H43NO4/c1-3-4-6-10-21(27)11-12-22-23-17-19(16-20(23)18-24(22)28)9-7-5-8-14-26-15-13-25(29)30-2/h11-12,16,20-24,26-28H,3-10,13-15,17-18H2,1-2H3/b12-11+/t20-,21-,22+,23-,24+/m0/s1. The number of allylic oxidation sites excluding steroid dienone is 2. The van der Waals surface area contributed by atoms with E-state index in [-0.39, 0.29) is 24.1 Å². The lowest BCUT2D eigenvalue weighted by Crippen LogP contribution is -2.19. The summed E-state index contributed by atoms with van der Waals surface area (Å²) in [5.74, 6) is 1.03. The van der Waals surface area contributed by atoms with Gasteiger partial charge in [-0.15, -0.1) is 0 Å². The molecule has 5 heteroatoms. The average molecular weight is 422 g/mol. The summed E-state index contributed by atoms with van der Waals surface area (Å²) in [5, 5.41) is 23.9. The van der Waals surface area contributed by atoms with Crippen molar-refractivity contribution < 1.29 is 19.7 Å². The Labute approximate surface area is 183 Å². The first-order valence-corrected chi connectivity index (χ1v) is 12.1. The van der Waals surface area contributed by atoms with Crippen LogP contribution in [0.3, 0.4) is 0 Å². The molecule has 3 N–H and O–H groups in total. The molecule has 0 aromatic heterocycles. The first kappa shape index (κ1) is 25.1. The zero-order valence-electron chi connectivity index (χ0n) is 19.0. The van der Waals surface area contributed by atoms with E-state index in [2.05, 4.69) is 29.1 Å². The van der Waals surface area contributed by atoms with Gasteiger partial charge in [-0.2, -0.15) is 0 Å². The van der Waals surface area contributed by atoms with Crippen molar-refractivity contribution in [3.8, 4) is 0 Å². The molecule has 2 aliphatic carbocycles. The Bertz CT molecular complexity index is 559. The summed E-state index contributed by atoms with van der Waals surface area (Å²) in [6, 6.07) is 0. The number of carbonyl (C=O) groups excluding carboxylic acids is 1. The highest BCUT2D eigenvalue weighted by molar-refractivity contribution is 5.69. The second-order valence-electron chi connectivity index (χ2n) is 9.07. The van der Waals surface area contributed by atoms with Crippen LogP contribution in [0.2, 0.25) is 0 Å². The monoisotopic (exact) mass is 421 g/mol. The molecule has 30 heavy (non-hydrogen) atoms. The zero-order chi connectivity index (χ0) is 21.8. The number of fused-ring (bicyclic) bond motifs is 1. The molecule has 5 atom stereocenters. The number of carbonyl (C=O) groups is 1. The first-order chi connectivity index (χ1) is 14.5. The van der Waals surface area contributed by atoms with E-state index < -0.39 is 0 Å². The number of ether oxygens (including phenoxy) is 1. The lowest BCUT2D eigenvalue weighted by molar-refractivity contribution is -0.140. The normalized spacial score (nSPS) is 26.7. The minimum absolute atomic E-state index is 0.162. The van der Waals surface area contributed by atoms with Crippen LogP contribution >= 0.6 is 0 Å². The van der Waals surface area contributed by atoms with Crippen molar-refractivity contribution in [2.45, 2.75) is 89.8 Å². The molecular weight excluding hydrogens is 378 g/mol. The fourth-order valence-corrected chi connectivity index (χ4v) is 4.94. The number of aliphatic hydroxyl groups is 2. The molecular formula is C25H43NO4. The van der Waals surface area contributed by atoms with Gasteiger partial charge in [0.15, 0.2) is 0 Å². The third-order valence-corrected chi connectivity index (χ3v) is 6.69. The molecule has 1 fully saturated rings. The highest BCUT2D eigenvalue weighted by Crippen LogP contribution is 2.48. The maximum atomic E-state index is 11.0. The molecule has 0 heterocycles. The molecule has 0 amide bonds. The molecule has 0 aliphatic heterocycles. The van der Waals surface area contributed by atoms with Gasteiger partial charge in [0.05, 0.1) is 25.7 Å². The molecule has 0 radical (unpaired) electrons. The van der Waals surface area contributed by atoms with Gasteiger partial charge in [0.2, 0.25) is 0 Å². The molecule has 5 nitrogen and oxygen atoms in total. The Morgan fingerprint density at radius 3 is 2.87 bits per heavy atom. The first-order valence-electron chi connectivity index (χ1n) is 12.1. The molecule has 172 valence electrons. The summed E-state index contributed by atoms with van der Waals surface area (Å²) in [6.45, 7) is 3.80. The van der Waals surface area contributed by atoms with Crippen LogP contribution in [0.25, 0.3) is 0 Å². The maximum absolute atomic E-state index is 11.0. The van der Waals surface area contributed by atoms with E-state index in [0.29, 0.717) is 24.8 Å². The SMILES string of the molecule is CCCCC[C@H](O)/C=C/[C@@H]1[C@H]2CC(CCCCCNCCC(=O)OC)=C[C@H]2C[C@H]1O. The van der Waals surface area contributed by atoms with E-state index in [0.717, 1.165) is 45.1 Å². The molecule has 0 saturated heterocycles. The Morgan fingerprint density at radius 1 is 1.27 bits per heavy atom. The molecule has 0 spiro atoms. The van der Waals surface area contributed by atoms with E-state index in [4.69, 9.17) is 0 Å². The Hall–Kier alpha value is -1.17. The Kier molecular flexibility index (Phi) is 11.7. The second kappa shape index (κ2) is 14.0. The summed E-state index contributed by atoms with van der Waals surface area (Å²) in [6.07, 6.45) is 17.1. The summed E-state index contributed by atoms with van der Waals surface area (Å²) in [4.78, 5) is 11.0. The van der Waals surface area contributed by atoms with E-state index in [9.17, 15) is 15.0 Å². The van der Waals surface area contributed by atoms with Gasteiger partial charge in [-0.1, -0.05) is 56.4 Å². The van der Waals surface area contributed by atoms with Crippen molar-refractivity contribution in [2.24, 2.45) is 17.8 Å². The van der Waals surface area contributed by atoms with Gasteiger partial charge in [-0.3, -0.25) is 4.79 Å². The van der Waals surface area contributed by atoms with Crippen LogP contribution < -0.4 is 5.32 Å². The van der Waals surface area contributed by atoms with Crippen molar-refractivity contribution in [3.63, 3.8) is 0 Å². The summed E-state index contributed by atoms with van der Waals surface area (Å²) in [5.41, 5.74) is 1.55. The molecule has 1 saturated carbocycles. The van der Waals surface area contributed by atoms with E-state index in [1.807, 2.05) is 6.08 Å². The highest BCUT2D eigenvalue weighted by Gasteiger charge is 2.43. The van der Waals surface area contributed by atoms with E-state index in [1.165, 1.54) is 32.8 Å². The number of aliphatic hydroxyl groups excluding tert-OH is 2. The van der Waals surface area contributed by atoms with Crippen molar-refractivity contribution >= 4 is 5.97 Å². The van der Waals surface area contributed by atoms with E-state index in [1.54, 1.807) is 5.57 Å². The lowest BCUT2D eigenvalue weighted by atomic mass is 9.88. The largest absolute Gasteiger partial charge is 0.469 e. The highest BCUT2D eigenvalue weighted by atomic mass is 16.5. The predicted molar refractivity (Wildman–Crippen MR) is 121 cm³/mol. The number of rotatable bonds is 15. The number of hydrogen-bond acceptors (Lipinski definition) is 5. The van der Waals surface area contributed by atoms with Crippen LogP contribution in [0.4, 0.5) is 0 Å². The zero-order valence-corrected chi connectivity index (χ0v) is 19.0. The fraction of sp³-hybridized carbons (Fsp3) is 0.800. The van der Waals surface area contributed by atoms with Crippen LogP contribution in [0.1, 0.15) is 77.6 Å². The van der Waals surface area contributed by atoms with Gasteiger partial charge in [0.25, 0.3) is 0 Å². The van der Waals surface area contributed by atoms with Crippen molar-refractivity contribution in [1.82, 2.24) is 5.32 Å². The third kappa shape index (κ3) is 8.52. The number of unbranched alkanes of at least 4 members (excludes halogenated alkanes) is 4. The van der Waals surface area contributed by atoms with Crippen LogP contribution in [0.15, 0.2) is 23.8 Å². The quantitative estimate of drug-likeness (QED) is 0.210.